The van der Waals surface area contributed by atoms with Crippen molar-refractivity contribution in [3.8, 4) is 5.75 Å². The zero-order valence-corrected chi connectivity index (χ0v) is 9.96. The van der Waals surface area contributed by atoms with Gasteiger partial charge in [0.2, 0.25) is 5.91 Å². The minimum atomic E-state index is -4.32. The molecule has 7 heteroatoms. The van der Waals surface area contributed by atoms with Crippen molar-refractivity contribution in [3.05, 3.63) is 29.8 Å². The SMILES string of the molecule is O=C(CNCC(F)(F)F)NC1COc2ccccc21. The molecule has 0 bridgehead atoms. The summed E-state index contributed by atoms with van der Waals surface area (Å²) in [5.74, 6) is 0.200. The average Bonchev–Trinajstić information content (AvgIpc) is 2.71. The van der Waals surface area contributed by atoms with Crippen molar-refractivity contribution in [2.24, 2.45) is 0 Å². The van der Waals surface area contributed by atoms with E-state index >= 15 is 0 Å². The predicted molar refractivity (Wildman–Crippen MR) is 61.7 cm³/mol. The molecule has 1 aromatic carbocycles. The quantitative estimate of drug-likeness (QED) is 0.872. The first kappa shape index (κ1) is 13.7. The van der Waals surface area contributed by atoms with Crippen molar-refractivity contribution in [1.82, 2.24) is 10.6 Å². The van der Waals surface area contributed by atoms with Crippen molar-refractivity contribution >= 4 is 5.91 Å². The maximum atomic E-state index is 11.9. The molecule has 1 heterocycles. The lowest BCUT2D eigenvalue weighted by Crippen LogP contribution is -2.40. The highest BCUT2D eigenvalue weighted by molar-refractivity contribution is 5.78. The molecule has 0 saturated carbocycles. The number of ether oxygens (including phenoxy) is 1. The Kier molecular flexibility index (Phi) is 3.94. The second-order valence-electron chi connectivity index (χ2n) is 4.19. The summed E-state index contributed by atoms with van der Waals surface area (Å²) in [7, 11) is 0. The fraction of sp³-hybridized carbons (Fsp3) is 0.417. The Morgan fingerprint density at radius 1 is 1.37 bits per heavy atom. The molecule has 2 N–H and O–H groups in total. The van der Waals surface area contributed by atoms with Gasteiger partial charge in [-0.2, -0.15) is 13.2 Å². The molecule has 1 unspecified atom stereocenters. The molecule has 0 spiro atoms. The molecule has 1 aliphatic heterocycles. The van der Waals surface area contributed by atoms with Crippen LogP contribution in [0.15, 0.2) is 24.3 Å². The summed E-state index contributed by atoms with van der Waals surface area (Å²) in [5, 5.41) is 4.67. The number of nitrogens with one attached hydrogen (secondary N) is 2. The summed E-state index contributed by atoms with van der Waals surface area (Å²) in [6.07, 6.45) is -4.32. The summed E-state index contributed by atoms with van der Waals surface area (Å²) in [4.78, 5) is 11.5. The number of carbonyl (C=O) groups excluding carboxylic acids is 1. The minimum Gasteiger partial charge on any atom is -0.491 e. The average molecular weight is 274 g/mol. The molecular weight excluding hydrogens is 261 g/mol. The zero-order chi connectivity index (χ0) is 13.9. The summed E-state index contributed by atoms with van der Waals surface area (Å²) in [6.45, 7) is -1.26. The Morgan fingerprint density at radius 2 is 2.11 bits per heavy atom. The van der Waals surface area contributed by atoms with Crippen LogP contribution < -0.4 is 15.4 Å². The number of rotatable bonds is 4. The molecule has 0 fully saturated rings. The van der Waals surface area contributed by atoms with Gasteiger partial charge in [-0.1, -0.05) is 18.2 Å². The van der Waals surface area contributed by atoms with E-state index in [0.717, 1.165) is 5.56 Å². The lowest BCUT2D eigenvalue weighted by molar-refractivity contribution is -0.128. The summed E-state index contributed by atoms with van der Waals surface area (Å²) >= 11 is 0. The number of hydrogen-bond acceptors (Lipinski definition) is 3. The van der Waals surface area contributed by atoms with E-state index in [1.54, 1.807) is 6.07 Å². The van der Waals surface area contributed by atoms with Gasteiger partial charge in [0, 0.05) is 5.56 Å². The first-order valence-corrected chi connectivity index (χ1v) is 5.74. The van der Waals surface area contributed by atoms with E-state index in [1.165, 1.54) is 0 Å². The Balaban J connectivity index is 1.81. The lowest BCUT2D eigenvalue weighted by atomic mass is 10.1. The number of fused-ring (bicyclic) bond motifs is 1. The van der Waals surface area contributed by atoms with Crippen LogP contribution in [-0.2, 0) is 4.79 Å². The predicted octanol–water partition coefficient (Wildman–Crippen LogP) is 1.39. The topological polar surface area (TPSA) is 50.4 Å². The van der Waals surface area contributed by atoms with Gasteiger partial charge in [0.15, 0.2) is 0 Å². The van der Waals surface area contributed by atoms with Crippen LogP contribution in [-0.4, -0.2) is 31.8 Å². The molecule has 1 atom stereocenters. The number of halogens is 3. The van der Waals surface area contributed by atoms with Crippen LogP contribution in [0.2, 0.25) is 0 Å². The normalized spacial score (nSPS) is 17.7. The first-order valence-electron chi connectivity index (χ1n) is 5.74. The monoisotopic (exact) mass is 274 g/mol. The van der Waals surface area contributed by atoms with E-state index in [2.05, 4.69) is 5.32 Å². The molecule has 1 amide bonds. The van der Waals surface area contributed by atoms with E-state index < -0.39 is 18.6 Å². The molecule has 0 aliphatic carbocycles. The Hall–Kier alpha value is -1.76. The van der Waals surface area contributed by atoms with Crippen LogP contribution >= 0.6 is 0 Å². The lowest BCUT2D eigenvalue weighted by Gasteiger charge is -2.13. The van der Waals surface area contributed by atoms with Crippen LogP contribution in [0.5, 0.6) is 5.75 Å². The molecule has 2 rings (SSSR count). The molecule has 0 aromatic heterocycles. The van der Waals surface area contributed by atoms with E-state index in [0.29, 0.717) is 12.4 Å². The van der Waals surface area contributed by atoms with Gasteiger partial charge < -0.3 is 15.4 Å². The van der Waals surface area contributed by atoms with Crippen LogP contribution in [0.25, 0.3) is 0 Å². The van der Waals surface area contributed by atoms with E-state index in [4.69, 9.17) is 4.74 Å². The van der Waals surface area contributed by atoms with Gasteiger partial charge in [-0.3, -0.25) is 4.79 Å². The Bertz CT molecular complexity index is 463. The fourth-order valence-electron chi connectivity index (χ4n) is 1.85. The molecule has 1 aliphatic rings. The maximum Gasteiger partial charge on any atom is 0.401 e. The van der Waals surface area contributed by atoms with E-state index in [1.807, 2.05) is 23.5 Å². The van der Waals surface area contributed by atoms with Crippen molar-refractivity contribution in [3.63, 3.8) is 0 Å². The number of hydrogen-bond donors (Lipinski definition) is 2. The second-order valence-corrected chi connectivity index (χ2v) is 4.19. The van der Waals surface area contributed by atoms with Gasteiger partial charge in [-0.05, 0) is 6.07 Å². The van der Waals surface area contributed by atoms with Crippen LogP contribution in [0.3, 0.4) is 0 Å². The molecule has 0 radical (unpaired) electrons. The van der Waals surface area contributed by atoms with Gasteiger partial charge in [-0.15, -0.1) is 0 Å². The molecule has 4 nitrogen and oxygen atoms in total. The third-order valence-electron chi connectivity index (χ3n) is 2.65. The summed E-state index contributed by atoms with van der Waals surface area (Å²) < 4.78 is 41.0. The van der Waals surface area contributed by atoms with Crippen LogP contribution in [0.4, 0.5) is 13.2 Å². The van der Waals surface area contributed by atoms with Gasteiger partial charge in [0.25, 0.3) is 0 Å². The molecule has 1 aromatic rings. The van der Waals surface area contributed by atoms with Crippen molar-refractivity contribution < 1.29 is 22.7 Å². The van der Waals surface area contributed by atoms with Crippen LogP contribution in [0.1, 0.15) is 11.6 Å². The smallest absolute Gasteiger partial charge is 0.401 e. The Morgan fingerprint density at radius 3 is 2.84 bits per heavy atom. The first-order chi connectivity index (χ1) is 8.96. The number of benzene rings is 1. The largest absolute Gasteiger partial charge is 0.491 e. The molecule has 0 saturated heterocycles. The van der Waals surface area contributed by atoms with Crippen LogP contribution in [0, 0.1) is 0 Å². The standard InChI is InChI=1S/C12H13F3N2O2/c13-12(14,15)7-16-5-11(18)17-9-6-19-10-4-2-1-3-8(9)10/h1-4,9,16H,5-7H2,(H,17,18). The number of amides is 1. The van der Waals surface area contributed by atoms with Crippen molar-refractivity contribution in [1.29, 1.82) is 0 Å². The third kappa shape index (κ3) is 3.85. The number of carbonyl (C=O) groups is 1. The molecule has 19 heavy (non-hydrogen) atoms. The van der Waals surface area contributed by atoms with E-state index in [-0.39, 0.29) is 12.6 Å². The van der Waals surface area contributed by atoms with Crippen molar-refractivity contribution in [2.45, 2.75) is 12.2 Å². The van der Waals surface area contributed by atoms with E-state index in [9.17, 15) is 18.0 Å². The maximum absolute atomic E-state index is 11.9. The van der Waals surface area contributed by atoms with Gasteiger partial charge in [0.1, 0.15) is 12.4 Å². The fourth-order valence-corrected chi connectivity index (χ4v) is 1.85. The highest BCUT2D eigenvalue weighted by Gasteiger charge is 2.28. The zero-order valence-electron chi connectivity index (χ0n) is 9.96. The van der Waals surface area contributed by atoms with Gasteiger partial charge in [-0.25, -0.2) is 0 Å². The van der Waals surface area contributed by atoms with Gasteiger partial charge >= 0.3 is 6.18 Å². The summed E-state index contributed by atoms with van der Waals surface area (Å²) in [5.41, 5.74) is 0.840. The molecule has 104 valence electrons. The number of alkyl halides is 3. The molecular formula is C12H13F3N2O2. The summed E-state index contributed by atoms with van der Waals surface area (Å²) in [6, 6.07) is 6.92. The Labute approximate surface area is 107 Å². The second kappa shape index (κ2) is 5.48. The minimum absolute atomic E-state index is 0.296. The third-order valence-corrected chi connectivity index (χ3v) is 2.65. The highest BCUT2D eigenvalue weighted by atomic mass is 19.4. The van der Waals surface area contributed by atoms with Crippen molar-refractivity contribution in [2.75, 3.05) is 19.7 Å². The highest BCUT2D eigenvalue weighted by Crippen LogP contribution is 2.31. The number of para-hydroxylation sites is 1. The van der Waals surface area contributed by atoms with Gasteiger partial charge in [0.05, 0.1) is 19.1 Å².